The first-order valence-corrected chi connectivity index (χ1v) is 13.3. The minimum atomic E-state index is -3.94. The van der Waals surface area contributed by atoms with E-state index in [0.717, 1.165) is 28.6 Å². The fraction of sp³-hybridized carbons (Fsp3) is 0.294. The molecule has 3 rings (SSSR count). The van der Waals surface area contributed by atoms with Crippen molar-refractivity contribution >= 4 is 30.1 Å². The Balaban J connectivity index is 1.68. The maximum absolute atomic E-state index is 13.0. The Bertz CT molecular complexity index is 1220. The van der Waals surface area contributed by atoms with Crippen molar-refractivity contribution in [3.63, 3.8) is 0 Å². The van der Waals surface area contributed by atoms with E-state index in [4.69, 9.17) is 5.14 Å². The van der Waals surface area contributed by atoms with E-state index in [9.17, 15) is 29.6 Å². The van der Waals surface area contributed by atoms with Gasteiger partial charge in [0.25, 0.3) is 0 Å². The van der Waals surface area contributed by atoms with Crippen molar-refractivity contribution in [3.05, 3.63) is 59.9 Å². The van der Waals surface area contributed by atoms with Gasteiger partial charge in [0, 0.05) is 26.2 Å². The lowest BCUT2D eigenvalue weighted by Gasteiger charge is -2.33. The summed E-state index contributed by atoms with van der Waals surface area (Å²) in [5, 5.41) is 5.01. The maximum atomic E-state index is 13.0. The largest absolute Gasteiger partial charge is 0.243 e. The lowest BCUT2D eigenvalue weighted by atomic mass is 10.2. The van der Waals surface area contributed by atoms with Crippen molar-refractivity contribution in [2.45, 2.75) is 15.5 Å². The van der Waals surface area contributed by atoms with E-state index in [2.05, 4.69) is 0 Å². The molecular weight excluding hydrogens is 457 g/mol. The molecule has 30 heavy (non-hydrogen) atoms. The van der Waals surface area contributed by atoms with Crippen LogP contribution in [0.15, 0.2) is 58.3 Å². The fourth-order valence-corrected chi connectivity index (χ4v) is 6.47. The molecule has 1 saturated heterocycles. The van der Waals surface area contributed by atoms with Crippen LogP contribution in [0.2, 0.25) is 0 Å². The second-order valence-electron chi connectivity index (χ2n) is 6.70. The Morgan fingerprint density at radius 2 is 1.20 bits per heavy atom. The van der Waals surface area contributed by atoms with E-state index in [-0.39, 0.29) is 41.7 Å². The molecule has 2 aromatic rings. The summed E-state index contributed by atoms with van der Waals surface area (Å²) < 4.78 is 88.7. The molecule has 9 nitrogen and oxygen atoms in total. The quantitative estimate of drug-likeness (QED) is 0.636. The van der Waals surface area contributed by atoms with E-state index < -0.39 is 35.9 Å². The van der Waals surface area contributed by atoms with Gasteiger partial charge in [-0.3, -0.25) is 0 Å². The summed E-state index contributed by atoms with van der Waals surface area (Å²) in [6.45, 7) is -0.167. The summed E-state index contributed by atoms with van der Waals surface area (Å²) in [6, 6.07) is 9.63. The van der Waals surface area contributed by atoms with Crippen LogP contribution in [0, 0.1) is 5.82 Å². The average molecular weight is 478 g/mol. The number of primary sulfonamides is 1. The number of nitrogens with zero attached hydrogens (tertiary/aromatic N) is 2. The Morgan fingerprint density at radius 3 is 1.70 bits per heavy atom. The van der Waals surface area contributed by atoms with Gasteiger partial charge in [0.2, 0.25) is 30.1 Å². The van der Waals surface area contributed by atoms with Gasteiger partial charge in [0.05, 0.1) is 15.5 Å². The average Bonchev–Trinajstić information content (AvgIpc) is 2.69. The highest BCUT2D eigenvalue weighted by Gasteiger charge is 2.33. The van der Waals surface area contributed by atoms with E-state index in [1.54, 1.807) is 0 Å². The Labute approximate surface area is 175 Å². The molecule has 0 atom stereocenters. The zero-order valence-electron chi connectivity index (χ0n) is 15.7. The summed E-state index contributed by atoms with van der Waals surface area (Å²) in [5.74, 6) is -0.776. The zero-order chi connectivity index (χ0) is 22.2. The van der Waals surface area contributed by atoms with Gasteiger partial charge < -0.3 is 0 Å². The number of piperazine rings is 1. The lowest BCUT2D eigenvalue weighted by molar-refractivity contribution is 0.272. The first kappa shape index (κ1) is 22.8. The summed E-state index contributed by atoms with van der Waals surface area (Å²) in [6.07, 6.45) is 0. The molecule has 0 spiro atoms. The maximum Gasteiger partial charge on any atom is 0.243 e. The molecule has 13 heteroatoms. The van der Waals surface area contributed by atoms with Crippen molar-refractivity contribution in [2.75, 3.05) is 26.2 Å². The first-order valence-electron chi connectivity index (χ1n) is 8.75. The molecule has 2 aromatic carbocycles. The van der Waals surface area contributed by atoms with Gasteiger partial charge >= 0.3 is 0 Å². The van der Waals surface area contributed by atoms with Crippen LogP contribution in [-0.4, -0.2) is 60.0 Å². The van der Waals surface area contributed by atoms with Gasteiger partial charge in [-0.1, -0.05) is 12.1 Å². The zero-order valence-corrected chi connectivity index (χ0v) is 18.1. The van der Waals surface area contributed by atoms with Crippen LogP contribution in [0.25, 0.3) is 0 Å². The summed E-state index contributed by atoms with van der Waals surface area (Å²) in [5.41, 5.74) is 0.432. The van der Waals surface area contributed by atoms with Gasteiger partial charge in [-0.05, 0) is 42.0 Å². The fourth-order valence-electron chi connectivity index (χ4n) is 3.02. The topological polar surface area (TPSA) is 135 Å². The van der Waals surface area contributed by atoms with Gasteiger partial charge in [0.15, 0.2) is 0 Å². The van der Waals surface area contributed by atoms with E-state index in [1.807, 2.05) is 0 Å². The summed E-state index contributed by atoms with van der Waals surface area (Å²) in [7, 11) is -11.6. The molecule has 1 fully saturated rings. The Morgan fingerprint density at radius 1 is 0.733 bits per heavy atom. The SMILES string of the molecule is NS(=O)(=O)c1ccc(S(=O)(=O)N2CCN(S(=O)(=O)Cc3ccc(F)cc3)CC2)cc1. The molecule has 0 radical (unpaired) electrons. The number of nitrogens with two attached hydrogens (primary N) is 1. The van der Waals surface area contributed by atoms with Gasteiger partial charge in [-0.2, -0.15) is 8.61 Å². The van der Waals surface area contributed by atoms with Crippen LogP contribution >= 0.6 is 0 Å². The number of rotatable bonds is 6. The third-order valence-corrected chi connectivity index (χ3v) is 9.34. The van der Waals surface area contributed by atoms with Crippen LogP contribution < -0.4 is 5.14 Å². The third kappa shape index (κ3) is 5.04. The van der Waals surface area contributed by atoms with E-state index in [1.165, 1.54) is 28.6 Å². The van der Waals surface area contributed by atoms with Crippen LogP contribution in [-0.2, 0) is 35.8 Å². The van der Waals surface area contributed by atoms with Gasteiger partial charge in [0.1, 0.15) is 5.82 Å². The molecule has 2 N–H and O–H groups in total. The molecule has 0 aromatic heterocycles. The van der Waals surface area contributed by atoms with E-state index in [0.29, 0.717) is 5.56 Å². The molecule has 0 amide bonds. The smallest absolute Gasteiger partial charge is 0.225 e. The number of benzene rings is 2. The highest BCUT2D eigenvalue weighted by Crippen LogP contribution is 2.21. The van der Waals surface area contributed by atoms with Crippen molar-refractivity contribution in [1.29, 1.82) is 0 Å². The minimum Gasteiger partial charge on any atom is -0.225 e. The van der Waals surface area contributed by atoms with Crippen LogP contribution in [0.3, 0.4) is 0 Å². The number of sulfonamides is 3. The molecule has 1 heterocycles. The van der Waals surface area contributed by atoms with Gasteiger partial charge in [-0.25, -0.2) is 34.8 Å². The molecule has 1 aliphatic rings. The second kappa shape index (κ2) is 8.32. The minimum absolute atomic E-state index is 0.0297. The van der Waals surface area contributed by atoms with Crippen molar-refractivity contribution in [1.82, 2.24) is 8.61 Å². The standard InChI is InChI=1S/C17H20FN3O6S3/c18-15-3-1-14(2-4-15)13-28(22,23)20-9-11-21(12-10-20)30(26,27)17-7-5-16(6-8-17)29(19,24)25/h1-8H,9-13H2,(H2,19,24,25). The summed E-state index contributed by atoms with van der Waals surface area (Å²) in [4.78, 5) is -0.323. The predicted octanol–water partition coefficient (Wildman–Crippen LogP) is 0.309. The molecule has 0 bridgehead atoms. The highest BCUT2D eigenvalue weighted by molar-refractivity contribution is 7.89. The molecule has 1 aliphatic heterocycles. The van der Waals surface area contributed by atoms with Crippen LogP contribution in [0.5, 0.6) is 0 Å². The van der Waals surface area contributed by atoms with Crippen molar-refractivity contribution in [2.24, 2.45) is 5.14 Å². The summed E-state index contributed by atoms with van der Waals surface area (Å²) >= 11 is 0. The molecule has 0 saturated carbocycles. The van der Waals surface area contributed by atoms with Crippen LogP contribution in [0.1, 0.15) is 5.56 Å². The number of hydrogen-bond acceptors (Lipinski definition) is 6. The number of halogens is 1. The van der Waals surface area contributed by atoms with Crippen LogP contribution in [0.4, 0.5) is 4.39 Å². The highest BCUT2D eigenvalue weighted by atomic mass is 32.2. The lowest BCUT2D eigenvalue weighted by Crippen LogP contribution is -2.50. The first-order chi connectivity index (χ1) is 13.9. The van der Waals surface area contributed by atoms with Crippen molar-refractivity contribution in [3.8, 4) is 0 Å². The monoisotopic (exact) mass is 477 g/mol. The van der Waals surface area contributed by atoms with Gasteiger partial charge in [-0.15, -0.1) is 0 Å². The predicted molar refractivity (Wildman–Crippen MR) is 107 cm³/mol. The van der Waals surface area contributed by atoms with Crippen molar-refractivity contribution < 1.29 is 29.6 Å². The second-order valence-corrected chi connectivity index (χ2v) is 12.2. The molecule has 0 aliphatic carbocycles. The number of hydrogen-bond donors (Lipinski definition) is 1. The normalized spacial score (nSPS) is 17.1. The molecule has 0 unspecified atom stereocenters. The Hall–Kier alpha value is -1.90. The third-order valence-electron chi connectivity index (χ3n) is 4.64. The molecule has 164 valence electrons. The van der Waals surface area contributed by atoms with E-state index >= 15 is 0 Å². The molecular formula is C17H20FN3O6S3. The Kier molecular flexibility index (Phi) is 6.32.